The molecule has 4 N–H and O–H groups in total. The minimum atomic E-state index is 0.0756. The summed E-state index contributed by atoms with van der Waals surface area (Å²) < 4.78 is 0. The molecule has 116 valence electrons. The van der Waals surface area contributed by atoms with Gasteiger partial charge in [-0.2, -0.15) is 11.8 Å². The van der Waals surface area contributed by atoms with E-state index in [0.29, 0.717) is 21.9 Å². The van der Waals surface area contributed by atoms with Crippen molar-refractivity contribution in [3.05, 3.63) is 34.3 Å². The number of hydrogen-bond acceptors (Lipinski definition) is 4. The molecule has 1 fully saturated rings. The zero-order valence-corrected chi connectivity index (χ0v) is 13.8. The van der Waals surface area contributed by atoms with Crippen LogP contribution in [-0.2, 0) is 6.54 Å². The average Bonchev–Trinajstić information content (AvgIpc) is 2.93. The van der Waals surface area contributed by atoms with Crippen LogP contribution in [0.15, 0.2) is 23.4 Å². The van der Waals surface area contributed by atoms with Crippen molar-refractivity contribution < 1.29 is 5.21 Å². The van der Waals surface area contributed by atoms with Gasteiger partial charge in [-0.05, 0) is 30.2 Å². The molecule has 0 amide bonds. The summed E-state index contributed by atoms with van der Waals surface area (Å²) in [6.07, 6.45) is 3.83. The molecule has 0 saturated heterocycles. The van der Waals surface area contributed by atoms with Crippen molar-refractivity contribution in [1.82, 2.24) is 5.32 Å². The molecule has 2 atom stereocenters. The molecule has 0 aromatic heterocycles. The quantitative estimate of drug-likeness (QED) is 0.325. The Morgan fingerprint density at radius 1 is 1.52 bits per heavy atom. The Kier molecular flexibility index (Phi) is 6.21. The Bertz CT molecular complexity index is 510. The fourth-order valence-electron chi connectivity index (χ4n) is 2.72. The molecule has 1 aliphatic carbocycles. The molecular weight excluding hydrogens is 306 g/mol. The largest absolute Gasteiger partial charge is 0.409 e. The maximum Gasteiger partial charge on any atom is 0.170 e. The van der Waals surface area contributed by atoms with Gasteiger partial charge < -0.3 is 16.3 Å². The van der Waals surface area contributed by atoms with Gasteiger partial charge in [0.2, 0.25) is 0 Å². The van der Waals surface area contributed by atoms with Gasteiger partial charge in [0.1, 0.15) is 0 Å². The van der Waals surface area contributed by atoms with Gasteiger partial charge in [0.25, 0.3) is 0 Å². The third-order valence-electron chi connectivity index (χ3n) is 3.84. The van der Waals surface area contributed by atoms with Crippen LogP contribution in [0.25, 0.3) is 0 Å². The molecule has 2 unspecified atom stereocenters. The van der Waals surface area contributed by atoms with Gasteiger partial charge in [0, 0.05) is 28.4 Å². The van der Waals surface area contributed by atoms with Crippen LogP contribution in [0.3, 0.4) is 0 Å². The van der Waals surface area contributed by atoms with Crippen LogP contribution >= 0.6 is 23.4 Å². The number of halogens is 1. The summed E-state index contributed by atoms with van der Waals surface area (Å²) in [7, 11) is 0. The first-order valence-corrected chi connectivity index (χ1v) is 8.69. The van der Waals surface area contributed by atoms with Gasteiger partial charge in [-0.25, -0.2) is 0 Å². The fourth-order valence-corrected chi connectivity index (χ4v) is 4.20. The van der Waals surface area contributed by atoms with E-state index < -0.39 is 0 Å². The Labute approximate surface area is 135 Å². The molecule has 0 aliphatic heterocycles. The molecule has 1 aromatic rings. The SMILES string of the molecule is CCSC1CCCC1NCc1ccc(/C(N)=N/O)cc1Cl. The van der Waals surface area contributed by atoms with Gasteiger partial charge in [0.05, 0.1) is 0 Å². The molecule has 4 nitrogen and oxygen atoms in total. The average molecular weight is 328 g/mol. The molecule has 1 aromatic carbocycles. The molecule has 0 spiro atoms. The first kappa shape index (κ1) is 16.5. The van der Waals surface area contributed by atoms with E-state index in [1.807, 2.05) is 23.9 Å². The van der Waals surface area contributed by atoms with Gasteiger partial charge in [-0.15, -0.1) is 0 Å². The zero-order chi connectivity index (χ0) is 15.2. The lowest BCUT2D eigenvalue weighted by molar-refractivity contribution is 0.318. The summed E-state index contributed by atoms with van der Waals surface area (Å²) in [5, 5.41) is 16.6. The number of hydrogen-bond donors (Lipinski definition) is 3. The van der Waals surface area contributed by atoms with Crippen LogP contribution in [0.1, 0.15) is 37.3 Å². The van der Waals surface area contributed by atoms with E-state index in [2.05, 4.69) is 17.4 Å². The minimum Gasteiger partial charge on any atom is -0.409 e. The second-order valence-corrected chi connectivity index (χ2v) is 7.13. The zero-order valence-electron chi connectivity index (χ0n) is 12.2. The molecule has 21 heavy (non-hydrogen) atoms. The second-order valence-electron chi connectivity index (χ2n) is 5.20. The van der Waals surface area contributed by atoms with Crippen molar-refractivity contribution in [3.63, 3.8) is 0 Å². The number of nitrogens with one attached hydrogen (secondary N) is 1. The highest BCUT2D eigenvalue weighted by atomic mass is 35.5. The predicted octanol–water partition coefficient (Wildman–Crippen LogP) is 3.20. The van der Waals surface area contributed by atoms with Crippen LogP contribution in [-0.4, -0.2) is 28.1 Å². The molecule has 1 aliphatic rings. The minimum absolute atomic E-state index is 0.0756. The van der Waals surface area contributed by atoms with E-state index in [1.54, 1.807) is 6.07 Å². The van der Waals surface area contributed by atoms with Crippen LogP contribution in [0.5, 0.6) is 0 Å². The smallest absolute Gasteiger partial charge is 0.170 e. The maximum absolute atomic E-state index is 8.68. The highest BCUT2D eigenvalue weighted by Crippen LogP contribution is 2.30. The lowest BCUT2D eigenvalue weighted by Crippen LogP contribution is -2.33. The van der Waals surface area contributed by atoms with Crippen molar-refractivity contribution >= 4 is 29.2 Å². The van der Waals surface area contributed by atoms with Crippen molar-refractivity contribution in [2.75, 3.05) is 5.75 Å². The molecule has 1 saturated carbocycles. The molecule has 6 heteroatoms. The Hall–Kier alpha value is -0.910. The van der Waals surface area contributed by atoms with Gasteiger partial charge >= 0.3 is 0 Å². The molecule has 0 heterocycles. The van der Waals surface area contributed by atoms with Gasteiger partial charge in [0.15, 0.2) is 5.84 Å². The number of nitrogens with zero attached hydrogens (tertiary/aromatic N) is 1. The number of rotatable bonds is 6. The second kappa shape index (κ2) is 7.92. The maximum atomic E-state index is 8.68. The third-order valence-corrected chi connectivity index (χ3v) is 5.52. The van der Waals surface area contributed by atoms with Crippen molar-refractivity contribution in [1.29, 1.82) is 0 Å². The van der Waals surface area contributed by atoms with E-state index in [9.17, 15) is 0 Å². The van der Waals surface area contributed by atoms with E-state index in [4.69, 9.17) is 22.5 Å². The van der Waals surface area contributed by atoms with E-state index >= 15 is 0 Å². The summed E-state index contributed by atoms with van der Waals surface area (Å²) in [5.74, 6) is 1.24. The Balaban J connectivity index is 1.97. The normalized spacial score (nSPS) is 22.7. The van der Waals surface area contributed by atoms with E-state index in [-0.39, 0.29) is 5.84 Å². The first-order valence-electron chi connectivity index (χ1n) is 7.27. The molecule has 0 radical (unpaired) electrons. The number of amidine groups is 1. The molecular formula is C15H22ClN3OS. The van der Waals surface area contributed by atoms with Crippen LogP contribution < -0.4 is 11.1 Å². The van der Waals surface area contributed by atoms with E-state index in [0.717, 1.165) is 17.9 Å². The van der Waals surface area contributed by atoms with Gasteiger partial charge in [-0.1, -0.05) is 42.2 Å². The number of oxime groups is 1. The fraction of sp³-hybridized carbons (Fsp3) is 0.533. The molecule has 2 rings (SSSR count). The lowest BCUT2D eigenvalue weighted by Gasteiger charge is -2.20. The summed E-state index contributed by atoms with van der Waals surface area (Å²) in [5.41, 5.74) is 7.23. The van der Waals surface area contributed by atoms with Crippen LogP contribution in [0.4, 0.5) is 0 Å². The summed E-state index contributed by atoms with van der Waals surface area (Å²) in [4.78, 5) is 0. The molecule has 0 bridgehead atoms. The van der Waals surface area contributed by atoms with Crippen molar-refractivity contribution in [2.24, 2.45) is 10.9 Å². The first-order chi connectivity index (χ1) is 10.2. The topological polar surface area (TPSA) is 70.6 Å². The Morgan fingerprint density at radius 2 is 2.33 bits per heavy atom. The van der Waals surface area contributed by atoms with Crippen LogP contribution in [0.2, 0.25) is 5.02 Å². The number of nitrogens with two attached hydrogens (primary N) is 1. The summed E-state index contributed by atoms with van der Waals surface area (Å²) in [6, 6.07) is 6.06. The summed E-state index contributed by atoms with van der Waals surface area (Å²) in [6.45, 7) is 2.96. The van der Waals surface area contributed by atoms with Gasteiger partial charge in [-0.3, -0.25) is 0 Å². The van der Waals surface area contributed by atoms with Crippen LogP contribution in [0, 0.1) is 0 Å². The highest BCUT2D eigenvalue weighted by Gasteiger charge is 2.26. The highest BCUT2D eigenvalue weighted by molar-refractivity contribution is 7.99. The van der Waals surface area contributed by atoms with Crippen molar-refractivity contribution in [3.8, 4) is 0 Å². The third kappa shape index (κ3) is 4.28. The monoisotopic (exact) mass is 327 g/mol. The number of benzene rings is 1. The lowest BCUT2D eigenvalue weighted by atomic mass is 10.1. The summed E-state index contributed by atoms with van der Waals surface area (Å²) >= 11 is 8.32. The number of thioether (sulfide) groups is 1. The van der Waals surface area contributed by atoms with Crippen molar-refractivity contribution in [2.45, 2.75) is 44.0 Å². The van der Waals surface area contributed by atoms with E-state index in [1.165, 1.54) is 19.3 Å². The predicted molar refractivity (Wildman–Crippen MR) is 90.4 cm³/mol. The standard InChI is InChI=1S/C15H22ClN3OS/c1-2-21-14-5-3-4-13(14)18-9-11-7-6-10(8-12(11)16)15(17)19-20/h6-8,13-14,18,20H,2-5,9H2,1H3,(H2,17,19). The Morgan fingerprint density at radius 3 is 3.00 bits per heavy atom.